The molecule has 0 spiro atoms. The van der Waals surface area contributed by atoms with Crippen molar-refractivity contribution in [3.63, 3.8) is 0 Å². The average Bonchev–Trinajstić information content (AvgIpc) is 2.48. The minimum absolute atomic E-state index is 0.0237. The van der Waals surface area contributed by atoms with Gasteiger partial charge in [0.15, 0.2) is 5.78 Å². The van der Waals surface area contributed by atoms with Crippen molar-refractivity contribution in [2.45, 2.75) is 45.2 Å². The normalized spacial score (nSPS) is 17.0. The molecule has 0 unspecified atom stereocenters. The zero-order valence-corrected chi connectivity index (χ0v) is 14.2. The summed E-state index contributed by atoms with van der Waals surface area (Å²) in [5.74, 6) is 0.120. The van der Waals surface area contributed by atoms with Gasteiger partial charge in [0, 0.05) is 30.2 Å². The summed E-state index contributed by atoms with van der Waals surface area (Å²) in [6.45, 7) is 7.68. The minimum Gasteiger partial charge on any atom is -0.465 e. The van der Waals surface area contributed by atoms with Gasteiger partial charge in [-0.15, -0.1) is 0 Å². The molecule has 0 aliphatic carbocycles. The van der Waals surface area contributed by atoms with Gasteiger partial charge in [0.2, 0.25) is 0 Å². The smallest absolute Gasteiger partial charge is 0.407 e. The van der Waals surface area contributed by atoms with Gasteiger partial charge in [-0.3, -0.25) is 9.69 Å². The zero-order valence-electron chi connectivity index (χ0n) is 14.2. The Hall–Kier alpha value is -1.88. The third-order valence-corrected chi connectivity index (χ3v) is 4.31. The van der Waals surface area contributed by atoms with Crippen LogP contribution >= 0.6 is 0 Å². The summed E-state index contributed by atoms with van der Waals surface area (Å²) < 4.78 is 0. The first kappa shape index (κ1) is 17.5. The molecule has 0 saturated carbocycles. The molecule has 1 aromatic carbocycles. The van der Waals surface area contributed by atoms with Gasteiger partial charge in [0.25, 0.3) is 0 Å². The molecule has 0 aromatic heterocycles. The third kappa shape index (κ3) is 4.55. The Morgan fingerprint density at radius 3 is 2.22 bits per heavy atom. The van der Waals surface area contributed by atoms with Gasteiger partial charge >= 0.3 is 6.09 Å². The van der Waals surface area contributed by atoms with Crippen LogP contribution in [0.25, 0.3) is 0 Å². The van der Waals surface area contributed by atoms with E-state index in [1.807, 2.05) is 51.1 Å². The van der Waals surface area contributed by atoms with Crippen molar-refractivity contribution in [2.75, 3.05) is 19.6 Å². The minimum atomic E-state index is -0.865. The lowest BCUT2D eigenvalue weighted by Crippen LogP contribution is -2.55. The number of likely N-dealkylation sites (tertiary alicyclic amines) is 1. The summed E-state index contributed by atoms with van der Waals surface area (Å²) in [6.07, 6.45) is 0.674. The quantitative estimate of drug-likeness (QED) is 0.867. The predicted octanol–water partition coefficient (Wildman–Crippen LogP) is 3.11. The van der Waals surface area contributed by atoms with Crippen molar-refractivity contribution < 1.29 is 14.7 Å². The van der Waals surface area contributed by atoms with E-state index in [9.17, 15) is 14.7 Å². The Labute approximate surface area is 137 Å². The summed E-state index contributed by atoms with van der Waals surface area (Å²) in [5.41, 5.74) is 0.329. The van der Waals surface area contributed by atoms with E-state index in [0.717, 1.165) is 31.5 Å². The highest BCUT2D eigenvalue weighted by atomic mass is 16.4. The van der Waals surface area contributed by atoms with Crippen molar-refractivity contribution in [1.82, 2.24) is 9.80 Å². The van der Waals surface area contributed by atoms with Gasteiger partial charge in [-0.2, -0.15) is 0 Å². The number of hydrogen-bond acceptors (Lipinski definition) is 3. The van der Waals surface area contributed by atoms with Crippen LogP contribution in [0.5, 0.6) is 0 Å². The van der Waals surface area contributed by atoms with Crippen LogP contribution in [0.2, 0.25) is 0 Å². The van der Waals surface area contributed by atoms with Crippen LogP contribution in [-0.2, 0) is 0 Å². The lowest BCUT2D eigenvalue weighted by Gasteiger charge is -2.43. The monoisotopic (exact) mass is 318 g/mol. The molecule has 1 saturated heterocycles. The molecular formula is C18H26N2O3. The summed E-state index contributed by atoms with van der Waals surface area (Å²) in [7, 11) is 0. The summed E-state index contributed by atoms with van der Waals surface area (Å²) in [4.78, 5) is 27.5. The molecule has 5 heteroatoms. The SMILES string of the molecule is CC(C)(C)N(C(=O)O)C1CCN(CC(=O)c2ccccc2)CC1. The Morgan fingerprint density at radius 2 is 1.74 bits per heavy atom. The molecule has 126 valence electrons. The largest absolute Gasteiger partial charge is 0.465 e. The molecule has 0 radical (unpaired) electrons. The van der Waals surface area contributed by atoms with Crippen molar-refractivity contribution in [3.8, 4) is 0 Å². The van der Waals surface area contributed by atoms with Crippen molar-refractivity contribution in [3.05, 3.63) is 35.9 Å². The van der Waals surface area contributed by atoms with E-state index in [2.05, 4.69) is 4.90 Å². The van der Waals surface area contributed by atoms with Crippen LogP contribution in [0.15, 0.2) is 30.3 Å². The van der Waals surface area contributed by atoms with E-state index < -0.39 is 11.6 Å². The third-order valence-electron chi connectivity index (χ3n) is 4.31. The van der Waals surface area contributed by atoms with Gasteiger partial charge < -0.3 is 10.0 Å². The molecule has 2 rings (SSSR count). The summed E-state index contributed by atoms with van der Waals surface area (Å²) in [6, 6.07) is 9.33. The first-order valence-corrected chi connectivity index (χ1v) is 8.12. The van der Waals surface area contributed by atoms with Crippen LogP contribution in [-0.4, -0.2) is 58.0 Å². The average molecular weight is 318 g/mol. The Morgan fingerprint density at radius 1 is 1.17 bits per heavy atom. The Kier molecular flexibility index (Phi) is 5.42. The Bertz CT molecular complexity index is 543. The Balaban J connectivity index is 1.91. The molecule has 1 fully saturated rings. The molecule has 23 heavy (non-hydrogen) atoms. The maximum atomic E-state index is 12.2. The number of carbonyl (C=O) groups is 2. The van der Waals surface area contributed by atoms with Crippen LogP contribution in [0.4, 0.5) is 4.79 Å². The topological polar surface area (TPSA) is 60.9 Å². The molecule has 1 aliphatic rings. The number of carboxylic acid groups (broad SMARTS) is 1. The van der Waals surface area contributed by atoms with E-state index in [1.165, 1.54) is 0 Å². The number of benzene rings is 1. The van der Waals surface area contributed by atoms with Crippen LogP contribution < -0.4 is 0 Å². The van der Waals surface area contributed by atoms with Crippen LogP contribution in [0.3, 0.4) is 0 Å². The summed E-state index contributed by atoms with van der Waals surface area (Å²) >= 11 is 0. The molecule has 0 atom stereocenters. The number of nitrogens with zero attached hydrogens (tertiary/aromatic N) is 2. The highest BCUT2D eigenvalue weighted by Gasteiger charge is 2.35. The number of amides is 1. The molecule has 1 aliphatic heterocycles. The number of hydrogen-bond donors (Lipinski definition) is 1. The fourth-order valence-electron chi connectivity index (χ4n) is 3.24. The molecule has 5 nitrogen and oxygen atoms in total. The number of ketones is 1. The zero-order chi connectivity index (χ0) is 17.0. The van der Waals surface area contributed by atoms with Gasteiger partial charge in [0.05, 0.1) is 6.54 Å². The van der Waals surface area contributed by atoms with E-state index >= 15 is 0 Å². The van der Waals surface area contributed by atoms with E-state index in [0.29, 0.717) is 6.54 Å². The fourth-order valence-corrected chi connectivity index (χ4v) is 3.24. The highest BCUT2D eigenvalue weighted by molar-refractivity contribution is 5.97. The van der Waals surface area contributed by atoms with Crippen molar-refractivity contribution in [1.29, 1.82) is 0 Å². The predicted molar refractivity (Wildman–Crippen MR) is 89.9 cm³/mol. The first-order valence-electron chi connectivity index (χ1n) is 8.12. The second kappa shape index (κ2) is 7.13. The molecule has 0 bridgehead atoms. The lowest BCUT2D eigenvalue weighted by molar-refractivity contribution is 0.0412. The lowest BCUT2D eigenvalue weighted by atomic mass is 9.96. The standard InChI is InChI=1S/C18H26N2O3/c1-18(2,3)20(17(22)23)15-9-11-19(12-10-15)13-16(21)14-7-5-4-6-8-14/h4-8,15H,9-13H2,1-3H3,(H,22,23). The number of rotatable bonds is 4. The molecule has 1 heterocycles. The van der Waals surface area contributed by atoms with Gasteiger partial charge in [-0.25, -0.2) is 4.79 Å². The number of Topliss-reactive ketones (excluding diaryl/α,β-unsaturated/α-hetero) is 1. The van der Waals surface area contributed by atoms with E-state index in [1.54, 1.807) is 4.90 Å². The van der Waals surface area contributed by atoms with Gasteiger partial charge in [-0.1, -0.05) is 30.3 Å². The van der Waals surface area contributed by atoms with Crippen LogP contribution in [0.1, 0.15) is 44.0 Å². The maximum Gasteiger partial charge on any atom is 0.407 e. The first-order chi connectivity index (χ1) is 10.8. The van der Waals surface area contributed by atoms with E-state index in [-0.39, 0.29) is 11.8 Å². The van der Waals surface area contributed by atoms with Gasteiger partial charge in [-0.05, 0) is 33.6 Å². The molecular weight excluding hydrogens is 292 g/mol. The maximum absolute atomic E-state index is 12.2. The fraction of sp³-hybridized carbons (Fsp3) is 0.556. The van der Waals surface area contributed by atoms with E-state index in [4.69, 9.17) is 0 Å². The van der Waals surface area contributed by atoms with Crippen molar-refractivity contribution in [2.24, 2.45) is 0 Å². The highest BCUT2D eigenvalue weighted by Crippen LogP contribution is 2.24. The molecule has 1 amide bonds. The molecule has 1 N–H and O–H groups in total. The summed E-state index contributed by atoms with van der Waals surface area (Å²) in [5, 5.41) is 9.48. The van der Waals surface area contributed by atoms with Crippen molar-refractivity contribution >= 4 is 11.9 Å². The second-order valence-electron chi connectivity index (χ2n) is 7.12. The second-order valence-corrected chi connectivity index (χ2v) is 7.12. The van der Waals surface area contributed by atoms with Crippen LogP contribution in [0, 0.1) is 0 Å². The molecule has 1 aromatic rings. The number of carbonyl (C=O) groups excluding carboxylic acids is 1. The van der Waals surface area contributed by atoms with Gasteiger partial charge in [0.1, 0.15) is 0 Å². The number of piperidine rings is 1.